The summed E-state index contributed by atoms with van der Waals surface area (Å²) in [6, 6.07) is 0.348. The molecule has 1 fully saturated rings. The highest BCUT2D eigenvalue weighted by Gasteiger charge is 2.42. The fraction of sp³-hybridized carbons (Fsp3) is 0.643. The molecule has 1 aromatic rings. The Morgan fingerprint density at radius 2 is 1.90 bits per heavy atom. The van der Waals surface area contributed by atoms with Crippen molar-refractivity contribution in [3.63, 3.8) is 0 Å². The van der Waals surface area contributed by atoms with Crippen LogP contribution in [0.4, 0.5) is 13.2 Å². The van der Waals surface area contributed by atoms with Crippen LogP contribution in [0.25, 0.3) is 0 Å². The molecular weight excluding hydrogens is 281 g/mol. The highest BCUT2D eigenvalue weighted by Crippen LogP contribution is 2.39. The molecule has 0 aromatic carbocycles. The van der Waals surface area contributed by atoms with Crippen LogP contribution in [0, 0.1) is 0 Å². The molecule has 2 rings (SSSR count). The number of nitrogens with one attached hydrogen (secondary N) is 1. The number of hydrogen-bond acceptors (Lipinski definition) is 4. The Labute approximate surface area is 122 Å². The highest BCUT2D eigenvalue weighted by atomic mass is 19.4. The first kappa shape index (κ1) is 16.2. The van der Waals surface area contributed by atoms with Gasteiger partial charge in [0.2, 0.25) is 0 Å². The fourth-order valence-electron chi connectivity index (χ4n) is 3.05. The van der Waals surface area contributed by atoms with E-state index in [4.69, 9.17) is 5.84 Å². The normalized spacial score (nSPS) is 19.0. The molecule has 0 radical (unpaired) electrons. The van der Waals surface area contributed by atoms with Crippen LogP contribution in [-0.2, 0) is 6.18 Å². The molecule has 7 heteroatoms. The van der Waals surface area contributed by atoms with Gasteiger partial charge in [-0.3, -0.25) is 21.2 Å². The van der Waals surface area contributed by atoms with Crippen molar-refractivity contribution in [1.82, 2.24) is 15.3 Å². The SMILES string of the molecule is CC(C)(C(NN)c1cnccc1C(F)(F)F)N1CCCC1. The number of likely N-dealkylation sites (tertiary alicyclic amines) is 1. The molecule has 1 aliphatic rings. The summed E-state index contributed by atoms with van der Waals surface area (Å²) in [5, 5.41) is 0. The third-order valence-electron chi connectivity index (χ3n) is 4.26. The van der Waals surface area contributed by atoms with Gasteiger partial charge in [-0.05, 0) is 45.8 Å². The number of aromatic nitrogens is 1. The summed E-state index contributed by atoms with van der Waals surface area (Å²) < 4.78 is 39.6. The van der Waals surface area contributed by atoms with Gasteiger partial charge in [0.15, 0.2) is 0 Å². The summed E-state index contributed by atoms with van der Waals surface area (Å²) in [7, 11) is 0. The van der Waals surface area contributed by atoms with Gasteiger partial charge in [0.05, 0.1) is 11.6 Å². The Bertz CT molecular complexity index is 481. The molecule has 21 heavy (non-hydrogen) atoms. The molecule has 0 amide bonds. The van der Waals surface area contributed by atoms with Gasteiger partial charge in [-0.15, -0.1) is 0 Å². The van der Waals surface area contributed by atoms with Crippen LogP contribution in [0.15, 0.2) is 18.5 Å². The molecule has 0 saturated carbocycles. The van der Waals surface area contributed by atoms with Crippen molar-refractivity contribution in [2.24, 2.45) is 5.84 Å². The molecule has 1 saturated heterocycles. The van der Waals surface area contributed by atoms with E-state index in [1.807, 2.05) is 13.8 Å². The number of nitrogens with zero attached hydrogens (tertiary/aromatic N) is 2. The quantitative estimate of drug-likeness (QED) is 0.663. The van der Waals surface area contributed by atoms with Crippen molar-refractivity contribution < 1.29 is 13.2 Å². The van der Waals surface area contributed by atoms with Crippen LogP contribution in [0.1, 0.15) is 43.9 Å². The van der Waals surface area contributed by atoms with Gasteiger partial charge in [0.1, 0.15) is 0 Å². The number of alkyl halides is 3. The summed E-state index contributed by atoms with van der Waals surface area (Å²) in [5.74, 6) is 5.60. The van der Waals surface area contributed by atoms with E-state index in [0.29, 0.717) is 0 Å². The van der Waals surface area contributed by atoms with Gasteiger partial charge in [0, 0.05) is 23.5 Å². The predicted octanol–water partition coefficient (Wildman–Crippen LogP) is 2.48. The average Bonchev–Trinajstić information content (AvgIpc) is 2.93. The van der Waals surface area contributed by atoms with E-state index >= 15 is 0 Å². The topological polar surface area (TPSA) is 54.2 Å². The first-order valence-corrected chi connectivity index (χ1v) is 7.00. The zero-order valence-electron chi connectivity index (χ0n) is 12.2. The van der Waals surface area contributed by atoms with E-state index in [1.165, 1.54) is 6.20 Å². The molecule has 0 bridgehead atoms. The van der Waals surface area contributed by atoms with Gasteiger partial charge in [-0.2, -0.15) is 13.2 Å². The Hall–Kier alpha value is -1.18. The minimum absolute atomic E-state index is 0.0874. The first-order chi connectivity index (χ1) is 9.78. The summed E-state index contributed by atoms with van der Waals surface area (Å²) in [5.41, 5.74) is 1.43. The summed E-state index contributed by atoms with van der Waals surface area (Å²) >= 11 is 0. The van der Waals surface area contributed by atoms with Crippen molar-refractivity contribution >= 4 is 0 Å². The Morgan fingerprint density at radius 3 is 2.43 bits per heavy atom. The highest BCUT2D eigenvalue weighted by molar-refractivity contribution is 5.31. The lowest BCUT2D eigenvalue weighted by Gasteiger charge is -2.42. The van der Waals surface area contributed by atoms with E-state index in [0.717, 1.165) is 38.2 Å². The maximum atomic E-state index is 13.2. The molecule has 0 aliphatic carbocycles. The maximum absolute atomic E-state index is 13.2. The van der Waals surface area contributed by atoms with Crippen molar-refractivity contribution in [1.29, 1.82) is 0 Å². The minimum atomic E-state index is -4.42. The largest absolute Gasteiger partial charge is 0.416 e. The third-order valence-corrected chi connectivity index (χ3v) is 4.26. The molecule has 0 spiro atoms. The fourth-order valence-corrected chi connectivity index (χ4v) is 3.05. The Balaban J connectivity index is 2.42. The second-order valence-corrected chi connectivity index (χ2v) is 5.91. The predicted molar refractivity (Wildman–Crippen MR) is 74.2 cm³/mol. The Kier molecular flexibility index (Phi) is 4.55. The van der Waals surface area contributed by atoms with Crippen molar-refractivity contribution in [2.75, 3.05) is 13.1 Å². The van der Waals surface area contributed by atoms with E-state index in [1.54, 1.807) is 0 Å². The zero-order valence-corrected chi connectivity index (χ0v) is 12.2. The van der Waals surface area contributed by atoms with Crippen molar-refractivity contribution in [3.8, 4) is 0 Å². The van der Waals surface area contributed by atoms with Crippen LogP contribution in [0.3, 0.4) is 0 Å². The Morgan fingerprint density at radius 1 is 1.29 bits per heavy atom. The maximum Gasteiger partial charge on any atom is 0.416 e. The summed E-state index contributed by atoms with van der Waals surface area (Å²) in [4.78, 5) is 6.03. The second kappa shape index (κ2) is 5.90. The van der Waals surface area contributed by atoms with E-state index in [-0.39, 0.29) is 5.56 Å². The summed E-state index contributed by atoms with van der Waals surface area (Å²) in [6.45, 7) is 5.56. The molecule has 1 aliphatic heterocycles. The van der Waals surface area contributed by atoms with Crippen LogP contribution < -0.4 is 11.3 Å². The number of halogens is 3. The lowest BCUT2D eigenvalue weighted by Crippen LogP contribution is -2.53. The molecule has 1 atom stereocenters. The third kappa shape index (κ3) is 3.20. The molecule has 1 unspecified atom stereocenters. The molecule has 118 valence electrons. The second-order valence-electron chi connectivity index (χ2n) is 5.91. The smallest absolute Gasteiger partial charge is 0.296 e. The number of rotatable bonds is 4. The van der Waals surface area contributed by atoms with Crippen LogP contribution in [0.2, 0.25) is 0 Å². The lowest BCUT2D eigenvalue weighted by atomic mass is 9.86. The van der Waals surface area contributed by atoms with E-state index in [2.05, 4.69) is 15.3 Å². The monoisotopic (exact) mass is 302 g/mol. The lowest BCUT2D eigenvalue weighted by molar-refractivity contribution is -0.138. The number of pyridine rings is 1. The molecule has 1 aromatic heterocycles. The van der Waals surface area contributed by atoms with Gasteiger partial charge in [-0.1, -0.05) is 0 Å². The van der Waals surface area contributed by atoms with E-state index in [9.17, 15) is 13.2 Å². The minimum Gasteiger partial charge on any atom is -0.296 e. The van der Waals surface area contributed by atoms with Crippen LogP contribution in [0.5, 0.6) is 0 Å². The number of hydrogen-bond donors (Lipinski definition) is 2. The standard InChI is InChI=1S/C14H21F3N4/c1-13(2,21-7-3-4-8-21)12(20-18)10-9-19-6-5-11(10)14(15,16)17/h5-6,9,12,20H,3-4,7-8,18H2,1-2H3. The van der Waals surface area contributed by atoms with Gasteiger partial charge in [-0.25, -0.2) is 0 Å². The molecular formula is C14H21F3N4. The number of hydrazine groups is 1. The molecule has 4 nitrogen and oxygen atoms in total. The average molecular weight is 302 g/mol. The van der Waals surface area contributed by atoms with Crippen LogP contribution in [-0.4, -0.2) is 28.5 Å². The van der Waals surface area contributed by atoms with Crippen LogP contribution >= 0.6 is 0 Å². The van der Waals surface area contributed by atoms with Gasteiger partial charge >= 0.3 is 6.18 Å². The van der Waals surface area contributed by atoms with Crippen molar-refractivity contribution in [2.45, 2.75) is 44.4 Å². The zero-order chi connectivity index (χ0) is 15.7. The molecule has 2 heterocycles. The van der Waals surface area contributed by atoms with E-state index < -0.39 is 23.3 Å². The summed E-state index contributed by atoms with van der Waals surface area (Å²) in [6.07, 6.45) is 0.0994. The molecule has 3 N–H and O–H groups in total. The van der Waals surface area contributed by atoms with Gasteiger partial charge in [0.25, 0.3) is 0 Å². The number of nitrogens with two attached hydrogens (primary N) is 1. The van der Waals surface area contributed by atoms with Crippen molar-refractivity contribution in [3.05, 3.63) is 29.6 Å². The van der Waals surface area contributed by atoms with Gasteiger partial charge < -0.3 is 0 Å². The first-order valence-electron chi connectivity index (χ1n) is 7.00.